The van der Waals surface area contributed by atoms with Crippen molar-refractivity contribution in [1.82, 2.24) is 0 Å². The lowest BCUT2D eigenvalue weighted by Crippen LogP contribution is -2.23. The molecule has 0 amide bonds. The minimum absolute atomic E-state index is 0.00667. The highest BCUT2D eigenvalue weighted by Crippen LogP contribution is 2.16. The quantitative estimate of drug-likeness (QED) is 0.0376. The summed E-state index contributed by atoms with van der Waals surface area (Å²) in [6.45, 7) is 14.0. The van der Waals surface area contributed by atoms with Crippen molar-refractivity contribution in [2.45, 2.75) is 97.1 Å². The van der Waals surface area contributed by atoms with Gasteiger partial charge >= 0.3 is 5.97 Å². The van der Waals surface area contributed by atoms with Gasteiger partial charge in [0.1, 0.15) is 12.4 Å². The standard InChI is InChI=1S/C30H54O9.C6H14O3.C3H4O2/c1-2-3-4-5-6-7-8-9-10-28-11-13-29(14-12-28)39-30(32)27-38-26-25-37-24-23-36-22-21-35-20-19-34-18-17-33-16-15-31;1-5(8)4-9-6(2)3-7;1-2-3(4)5/h11-14,30-32H,2-10,15-27H2,1H3;5-8H,3-4H2,1-2H3;2H,1H2,(H,4,5). The summed E-state index contributed by atoms with van der Waals surface area (Å²) in [6.07, 6.45) is 10.9. The number of rotatable bonds is 35. The van der Waals surface area contributed by atoms with Crippen LogP contribution in [0.4, 0.5) is 0 Å². The van der Waals surface area contributed by atoms with E-state index < -0.39 is 18.4 Å². The summed E-state index contributed by atoms with van der Waals surface area (Å²) in [5.41, 5.74) is 1.30. The Kier molecular flexibility index (Phi) is 42.4. The van der Waals surface area contributed by atoms with Gasteiger partial charge in [-0.05, 0) is 44.4 Å². The number of aliphatic hydroxyl groups excluding tert-OH is 4. The number of aryl methyl sites for hydroxylation is 1. The van der Waals surface area contributed by atoms with Gasteiger partial charge in [-0.3, -0.25) is 0 Å². The summed E-state index contributed by atoms with van der Waals surface area (Å²) in [5.74, 6) is -0.343. The van der Waals surface area contributed by atoms with E-state index in [4.69, 9.17) is 58.3 Å². The zero-order valence-corrected chi connectivity index (χ0v) is 32.7. The van der Waals surface area contributed by atoms with Gasteiger partial charge in [0, 0.05) is 6.08 Å². The van der Waals surface area contributed by atoms with Crippen LogP contribution in [0.1, 0.15) is 77.7 Å². The fraction of sp³-hybridized carbons (Fsp3) is 0.769. The van der Waals surface area contributed by atoms with Crippen LogP contribution in [0, 0.1) is 0 Å². The fourth-order valence-electron chi connectivity index (χ4n) is 4.09. The molecule has 0 aromatic heterocycles. The molecule has 0 heterocycles. The number of carboxylic acid groups (broad SMARTS) is 1. The molecule has 14 nitrogen and oxygen atoms in total. The van der Waals surface area contributed by atoms with Gasteiger partial charge in [0.15, 0.2) is 0 Å². The van der Waals surface area contributed by atoms with Crippen molar-refractivity contribution in [3.63, 3.8) is 0 Å². The molecule has 0 bridgehead atoms. The molecule has 0 aliphatic rings. The van der Waals surface area contributed by atoms with Crippen LogP contribution in [-0.4, -0.2) is 149 Å². The second kappa shape index (κ2) is 42.5. The lowest BCUT2D eigenvalue weighted by Gasteiger charge is -2.14. The third kappa shape index (κ3) is 44.1. The van der Waals surface area contributed by atoms with Gasteiger partial charge in [-0.25, -0.2) is 4.79 Å². The number of aliphatic hydroxyl groups is 4. The molecule has 1 rings (SSSR count). The van der Waals surface area contributed by atoms with Crippen LogP contribution in [0.15, 0.2) is 36.9 Å². The topological polar surface area (TPSA) is 192 Å². The van der Waals surface area contributed by atoms with Crippen LogP contribution in [0.5, 0.6) is 5.75 Å². The summed E-state index contributed by atoms with van der Waals surface area (Å²) in [6, 6.07) is 7.95. The van der Waals surface area contributed by atoms with E-state index in [-0.39, 0.29) is 25.9 Å². The number of ether oxygens (including phenoxy) is 8. The van der Waals surface area contributed by atoms with E-state index in [1.807, 2.05) is 12.1 Å². The molecular formula is C39H72O14. The average Bonchev–Trinajstić information content (AvgIpc) is 3.15. The highest BCUT2D eigenvalue weighted by atomic mass is 16.6. The summed E-state index contributed by atoms with van der Waals surface area (Å²) in [4.78, 5) is 9.25. The van der Waals surface area contributed by atoms with Gasteiger partial charge < -0.3 is 63.4 Å². The molecule has 3 unspecified atom stereocenters. The molecule has 14 heteroatoms. The third-order valence-corrected chi connectivity index (χ3v) is 6.92. The second-order valence-corrected chi connectivity index (χ2v) is 12.0. The Morgan fingerprint density at radius 1 is 0.679 bits per heavy atom. The average molecular weight is 765 g/mol. The van der Waals surface area contributed by atoms with Crippen LogP contribution in [-0.2, 0) is 44.4 Å². The van der Waals surface area contributed by atoms with E-state index in [1.54, 1.807) is 13.8 Å². The number of carboxylic acids is 1. The van der Waals surface area contributed by atoms with Crippen molar-refractivity contribution in [2.24, 2.45) is 0 Å². The van der Waals surface area contributed by atoms with Crippen molar-refractivity contribution in [3.8, 4) is 5.75 Å². The zero-order chi connectivity index (χ0) is 39.6. The van der Waals surface area contributed by atoms with Crippen molar-refractivity contribution < 1.29 is 68.2 Å². The van der Waals surface area contributed by atoms with Crippen LogP contribution < -0.4 is 4.74 Å². The minimum atomic E-state index is -1.02. The fourth-order valence-corrected chi connectivity index (χ4v) is 4.09. The van der Waals surface area contributed by atoms with Crippen LogP contribution in [0.2, 0.25) is 0 Å². The van der Waals surface area contributed by atoms with Crippen molar-refractivity contribution in [1.29, 1.82) is 0 Å². The van der Waals surface area contributed by atoms with E-state index in [9.17, 15) is 9.90 Å². The Labute approximate surface area is 318 Å². The Morgan fingerprint density at radius 3 is 1.53 bits per heavy atom. The number of aliphatic carboxylic acids is 1. The van der Waals surface area contributed by atoms with E-state index in [0.29, 0.717) is 85.0 Å². The largest absolute Gasteiger partial charge is 0.478 e. The van der Waals surface area contributed by atoms with Gasteiger partial charge in [0.2, 0.25) is 6.29 Å². The number of unbranched alkanes of at least 4 members (excludes halogenated alkanes) is 7. The van der Waals surface area contributed by atoms with Crippen LogP contribution in [0.25, 0.3) is 0 Å². The van der Waals surface area contributed by atoms with Crippen molar-refractivity contribution in [2.75, 3.05) is 99.1 Å². The first-order chi connectivity index (χ1) is 25.7. The predicted octanol–water partition coefficient (Wildman–Crippen LogP) is 4.18. The molecule has 312 valence electrons. The predicted molar refractivity (Wildman–Crippen MR) is 203 cm³/mol. The SMILES string of the molecule is C=CC(=O)O.CC(O)COC(C)CO.CCCCCCCCCCc1ccc(OC(O)COCCOCCOCCOCCOCCOCCO)cc1. The smallest absolute Gasteiger partial charge is 0.327 e. The number of carbonyl (C=O) groups is 1. The number of hydrogen-bond donors (Lipinski definition) is 5. The molecule has 53 heavy (non-hydrogen) atoms. The van der Waals surface area contributed by atoms with Gasteiger partial charge in [0.05, 0.1) is 105 Å². The first kappa shape index (κ1) is 52.9. The highest BCUT2D eigenvalue weighted by Gasteiger charge is 2.07. The molecule has 0 radical (unpaired) electrons. The Balaban J connectivity index is 0. The van der Waals surface area contributed by atoms with Gasteiger partial charge in [-0.2, -0.15) is 0 Å². The molecule has 0 saturated heterocycles. The van der Waals surface area contributed by atoms with E-state index in [1.165, 1.54) is 56.9 Å². The lowest BCUT2D eigenvalue weighted by atomic mass is 10.0. The third-order valence-electron chi connectivity index (χ3n) is 6.92. The molecule has 3 atom stereocenters. The summed E-state index contributed by atoms with van der Waals surface area (Å²) in [7, 11) is 0. The maximum absolute atomic E-state index is 10.0. The molecule has 1 aromatic carbocycles. The summed E-state index contributed by atoms with van der Waals surface area (Å²) >= 11 is 0. The molecule has 0 saturated carbocycles. The van der Waals surface area contributed by atoms with E-state index in [0.717, 1.165) is 12.5 Å². The number of hydrogen-bond acceptors (Lipinski definition) is 13. The van der Waals surface area contributed by atoms with Crippen molar-refractivity contribution >= 4 is 5.97 Å². The Bertz CT molecular complexity index is 887. The Hall–Kier alpha value is -2.21. The zero-order valence-electron chi connectivity index (χ0n) is 32.7. The maximum Gasteiger partial charge on any atom is 0.327 e. The molecule has 1 aromatic rings. The first-order valence-electron chi connectivity index (χ1n) is 19.0. The summed E-state index contributed by atoms with van der Waals surface area (Å²) in [5, 5.41) is 43.4. The van der Waals surface area contributed by atoms with Crippen molar-refractivity contribution in [3.05, 3.63) is 42.5 Å². The normalized spacial score (nSPS) is 12.5. The minimum Gasteiger partial charge on any atom is -0.478 e. The molecule has 0 spiro atoms. The van der Waals surface area contributed by atoms with E-state index in [2.05, 4.69) is 25.6 Å². The molecule has 0 fully saturated rings. The van der Waals surface area contributed by atoms with E-state index >= 15 is 0 Å². The van der Waals surface area contributed by atoms with Gasteiger partial charge in [-0.1, -0.05) is 70.6 Å². The van der Waals surface area contributed by atoms with Gasteiger partial charge in [0.25, 0.3) is 0 Å². The Morgan fingerprint density at radius 2 is 1.11 bits per heavy atom. The summed E-state index contributed by atoms with van der Waals surface area (Å²) < 4.78 is 42.6. The van der Waals surface area contributed by atoms with Crippen LogP contribution >= 0.6 is 0 Å². The molecule has 0 aliphatic heterocycles. The molecule has 0 aliphatic carbocycles. The molecular weight excluding hydrogens is 692 g/mol. The van der Waals surface area contributed by atoms with Gasteiger partial charge in [-0.15, -0.1) is 0 Å². The second-order valence-electron chi connectivity index (χ2n) is 12.0. The van der Waals surface area contributed by atoms with Crippen LogP contribution in [0.3, 0.4) is 0 Å². The first-order valence-corrected chi connectivity index (χ1v) is 19.0. The maximum atomic E-state index is 10.0. The highest BCUT2D eigenvalue weighted by molar-refractivity contribution is 5.78. The monoisotopic (exact) mass is 764 g/mol. The number of benzene rings is 1. The lowest BCUT2D eigenvalue weighted by molar-refractivity contribution is -0.131. The molecule has 5 N–H and O–H groups in total.